The highest BCUT2D eigenvalue weighted by molar-refractivity contribution is 7.09. The van der Waals surface area contributed by atoms with Crippen LogP contribution in [0.3, 0.4) is 0 Å². The van der Waals surface area contributed by atoms with Crippen molar-refractivity contribution in [3.63, 3.8) is 0 Å². The van der Waals surface area contributed by atoms with Gasteiger partial charge in [-0.2, -0.15) is 0 Å². The summed E-state index contributed by atoms with van der Waals surface area (Å²) in [5.41, 5.74) is 2.98. The lowest BCUT2D eigenvalue weighted by atomic mass is 10.3. The lowest BCUT2D eigenvalue weighted by Crippen LogP contribution is -2.06. The molecule has 0 aromatic carbocycles. The molecule has 0 amide bonds. The van der Waals surface area contributed by atoms with Gasteiger partial charge >= 0.3 is 0 Å². The summed E-state index contributed by atoms with van der Waals surface area (Å²) in [5, 5.41) is 3.23. The summed E-state index contributed by atoms with van der Waals surface area (Å²) in [6, 6.07) is 1.78. The summed E-state index contributed by atoms with van der Waals surface area (Å²) in [4.78, 5) is 13.6. The van der Waals surface area contributed by atoms with Crippen molar-refractivity contribution in [1.82, 2.24) is 15.0 Å². The van der Waals surface area contributed by atoms with E-state index < -0.39 is 0 Å². The molecular weight excluding hydrogens is 236 g/mol. The maximum absolute atomic E-state index is 5.03. The lowest BCUT2D eigenvalue weighted by molar-refractivity contribution is 0.397. The topological polar surface area (TPSA) is 59.9 Å². The van der Waals surface area contributed by atoms with Gasteiger partial charge in [0.25, 0.3) is 0 Å². The quantitative estimate of drug-likeness (QED) is 0.878. The van der Waals surface area contributed by atoms with E-state index in [2.05, 4.69) is 20.3 Å². The fourth-order valence-corrected chi connectivity index (χ4v) is 2.20. The van der Waals surface area contributed by atoms with Crippen molar-refractivity contribution in [3.8, 4) is 5.88 Å². The Balaban J connectivity index is 1.87. The first kappa shape index (κ1) is 11.8. The molecular formula is C11H14N4OS. The number of nitrogens with zero attached hydrogens (tertiary/aromatic N) is 3. The smallest absolute Gasteiger partial charge is 0.218 e. The summed E-state index contributed by atoms with van der Waals surface area (Å²) in [5.74, 6) is 1.34. The molecule has 0 unspecified atom stereocenters. The highest BCUT2D eigenvalue weighted by Gasteiger charge is 2.02. The second kappa shape index (κ2) is 5.58. The van der Waals surface area contributed by atoms with E-state index in [9.17, 15) is 0 Å². The Morgan fingerprint density at radius 2 is 2.24 bits per heavy atom. The molecule has 0 aliphatic rings. The highest BCUT2D eigenvalue weighted by Crippen LogP contribution is 2.14. The van der Waals surface area contributed by atoms with E-state index in [1.54, 1.807) is 24.5 Å². The third-order valence-corrected chi connectivity index (χ3v) is 3.35. The second-order valence-electron chi connectivity index (χ2n) is 3.48. The van der Waals surface area contributed by atoms with Gasteiger partial charge in [0.05, 0.1) is 18.3 Å². The molecule has 6 heteroatoms. The van der Waals surface area contributed by atoms with Gasteiger partial charge in [0.1, 0.15) is 12.1 Å². The number of aromatic nitrogens is 3. The summed E-state index contributed by atoms with van der Waals surface area (Å²) in [7, 11) is 1.59. The lowest BCUT2D eigenvalue weighted by Gasteiger charge is -2.05. The van der Waals surface area contributed by atoms with Crippen LogP contribution in [0.15, 0.2) is 17.9 Å². The molecule has 90 valence electrons. The van der Waals surface area contributed by atoms with Crippen molar-refractivity contribution in [3.05, 3.63) is 28.5 Å². The molecule has 5 nitrogen and oxygen atoms in total. The van der Waals surface area contributed by atoms with Crippen molar-refractivity contribution < 1.29 is 4.74 Å². The number of hydrogen-bond donors (Lipinski definition) is 1. The van der Waals surface area contributed by atoms with Crippen LogP contribution in [-0.4, -0.2) is 28.6 Å². The molecule has 2 rings (SSSR count). The molecule has 0 spiro atoms. The van der Waals surface area contributed by atoms with Crippen molar-refractivity contribution in [2.75, 3.05) is 19.0 Å². The van der Waals surface area contributed by atoms with Crippen molar-refractivity contribution >= 4 is 17.2 Å². The molecule has 0 bridgehead atoms. The molecule has 0 atom stereocenters. The van der Waals surface area contributed by atoms with E-state index in [-0.39, 0.29) is 0 Å². The zero-order valence-electron chi connectivity index (χ0n) is 9.80. The van der Waals surface area contributed by atoms with Crippen LogP contribution in [0, 0.1) is 6.92 Å². The van der Waals surface area contributed by atoms with Gasteiger partial charge in [-0.25, -0.2) is 15.0 Å². The molecule has 0 saturated heterocycles. The average Bonchev–Trinajstić information content (AvgIpc) is 2.76. The van der Waals surface area contributed by atoms with Crippen LogP contribution in [-0.2, 0) is 6.42 Å². The van der Waals surface area contributed by atoms with Crippen LogP contribution in [0.2, 0.25) is 0 Å². The molecule has 0 saturated carbocycles. The summed E-state index contributed by atoms with van der Waals surface area (Å²) < 4.78 is 5.03. The number of aryl methyl sites for hydroxylation is 1. The zero-order valence-corrected chi connectivity index (χ0v) is 10.6. The van der Waals surface area contributed by atoms with Gasteiger partial charge in [-0.15, -0.1) is 11.3 Å². The Kier molecular flexibility index (Phi) is 3.87. The zero-order chi connectivity index (χ0) is 12.1. The van der Waals surface area contributed by atoms with E-state index in [1.807, 2.05) is 12.4 Å². The maximum Gasteiger partial charge on any atom is 0.218 e. The fourth-order valence-electron chi connectivity index (χ4n) is 1.42. The van der Waals surface area contributed by atoms with Crippen molar-refractivity contribution in [2.45, 2.75) is 13.3 Å². The Morgan fingerprint density at radius 3 is 2.94 bits per heavy atom. The number of ether oxygens (including phenoxy) is 1. The number of thiazole rings is 1. The largest absolute Gasteiger partial charge is 0.481 e. The fraction of sp³-hybridized carbons (Fsp3) is 0.364. The van der Waals surface area contributed by atoms with Crippen molar-refractivity contribution in [2.24, 2.45) is 0 Å². The van der Waals surface area contributed by atoms with Crippen LogP contribution in [0.5, 0.6) is 5.88 Å². The SMILES string of the molecule is COc1cc(NCCc2scnc2C)ncn1. The van der Waals surface area contributed by atoms with Gasteiger partial charge in [0.2, 0.25) is 5.88 Å². The van der Waals surface area contributed by atoms with Crippen molar-refractivity contribution in [1.29, 1.82) is 0 Å². The van der Waals surface area contributed by atoms with Crippen LogP contribution in [0.4, 0.5) is 5.82 Å². The first-order valence-corrected chi connectivity index (χ1v) is 6.16. The Hall–Kier alpha value is -1.69. The van der Waals surface area contributed by atoms with Crippen LogP contribution in [0.1, 0.15) is 10.6 Å². The van der Waals surface area contributed by atoms with E-state index in [4.69, 9.17) is 4.74 Å². The predicted molar refractivity (Wildman–Crippen MR) is 67.6 cm³/mol. The molecule has 0 aliphatic carbocycles. The maximum atomic E-state index is 5.03. The third kappa shape index (κ3) is 3.13. The van der Waals surface area contributed by atoms with Crippen LogP contribution in [0.25, 0.3) is 0 Å². The predicted octanol–water partition coefficient (Wildman–Crippen LogP) is 1.90. The van der Waals surface area contributed by atoms with E-state index in [0.29, 0.717) is 5.88 Å². The molecule has 0 fully saturated rings. The number of rotatable bonds is 5. The van der Waals surface area contributed by atoms with Gasteiger partial charge in [-0.1, -0.05) is 0 Å². The molecule has 2 aromatic heterocycles. The number of anilines is 1. The molecule has 2 heterocycles. The van der Waals surface area contributed by atoms with Gasteiger partial charge < -0.3 is 10.1 Å². The molecule has 0 aliphatic heterocycles. The summed E-state index contributed by atoms with van der Waals surface area (Å²) >= 11 is 1.68. The Labute approximate surface area is 104 Å². The molecule has 17 heavy (non-hydrogen) atoms. The molecule has 1 N–H and O–H groups in total. The van der Waals surface area contributed by atoms with Crippen LogP contribution < -0.4 is 10.1 Å². The van der Waals surface area contributed by atoms with Gasteiger partial charge in [-0.05, 0) is 6.92 Å². The van der Waals surface area contributed by atoms with E-state index in [0.717, 1.165) is 24.5 Å². The monoisotopic (exact) mass is 250 g/mol. The molecule has 0 radical (unpaired) electrons. The highest BCUT2D eigenvalue weighted by atomic mass is 32.1. The number of nitrogens with one attached hydrogen (secondary N) is 1. The third-order valence-electron chi connectivity index (χ3n) is 2.35. The van der Waals surface area contributed by atoms with E-state index in [1.165, 1.54) is 11.2 Å². The van der Waals surface area contributed by atoms with Crippen LogP contribution >= 0.6 is 11.3 Å². The van der Waals surface area contributed by atoms with Gasteiger partial charge in [0.15, 0.2) is 0 Å². The average molecular weight is 250 g/mol. The van der Waals surface area contributed by atoms with Gasteiger partial charge in [-0.3, -0.25) is 0 Å². The Bertz CT molecular complexity index is 486. The minimum Gasteiger partial charge on any atom is -0.481 e. The second-order valence-corrected chi connectivity index (χ2v) is 4.42. The standard InChI is InChI=1S/C11H14N4OS/c1-8-9(17-7-15-8)3-4-12-10-5-11(16-2)14-6-13-10/h5-7H,3-4H2,1-2H3,(H,12,13,14). The minimum absolute atomic E-state index is 0.566. The minimum atomic E-state index is 0.566. The van der Waals surface area contributed by atoms with E-state index >= 15 is 0 Å². The first-order chi connectivity index (χ1) is 8.29. The normalized spacial score (nSPS) is 10.2. The summed E-state index contributed by atoms with van der Waals surface area (Å²) in [6.45, 7) is 2.85. The first-order valence-electron chi connectivity index (χ1n) is 5.28. The number of hydrogen-bond acceptors (Lipinski definition) is 6. The summed E-state index contributed by atoms with van der Waals surface area (Å²) in [6.07, 6.45) is 2.43. The number of methoxy groups -OCH3 is 1. The molecule has 2 aromatic rings. The Morgan fingerprint density at radius 1 is 1.35 bits per heavy atom. The van der Waals surface area contributed by atoms with Gasteiger partial charge in [0, 0.05) is 23.9 Å².